The number of carbonyl (C=O) groups excluding carboxylic acids is 1. The molecule has 0 unspecified atom stereocenters. The molecule has 1 aromatic heterocycles. The summed E-state index contributed by atoms with van der Waals surface area (Å²) in [6, 6.07) is 5.41. The number of amides is 1. The van der Waals surface area contributed by atoms with Gasteiger partial charge in [0.2, 0.25) is 5.91 Å². The number of benzene rings is 1. The summed E-state index contributed by atoms with van der Waals surface area (Å²) in [7, 11) is 0. The molecule has 1 aromatic carbocycles. The highest BCUT2D eigenvalue weighted by Gasteiger charge is 2.31. The molecule has 6 nitrogen and oxygen atoms in total. The molecule has 0 spiro atoms. The Labute approximate surface area is 140 Å². The van der Waals surface area contributed by atoms with E-state index in [1.807, 2.05) is 6.07 Å². The van der Waals surface area contributed by atoms with Crippen molar-refractivity contribution >= 4 is 22.6 Å². The maximum absolute atomic E-state index is 12.3. The van der Waals surface area contributed by atoms with Gasteiger partial charge in [-0.1, -0.05) is 19.3 Å². The van der Waals surface area contributed by atoms with Crippen LogP contribution in [0.2, 0.25) is 0 Å². The predicted octanol–water partition coefficient (Wildman–Crippen LogP) is 2.31. The number of aromatic nitrogens is 2. The van der Waals surface area contributed by atoms with Gasteiger partial charge in [-0.25, -0.2) is 4.79 Å². The molecule has 1 aliphatic carbocycles. The monoisotopic (exact) mass is 328 g/mol. The lowest BCUT2D eigenvalue weighted by Crippen LogP contribution is -2.44. The third-order valence-corrected chi connectivity index (χ3v) is 5.54. The minimum atomic E-state index is -0.233. The van der Waals surface area contributed by atoms with Gasteiger partial charge in [0.15, 0.2) is 0 Å². The zero-order valence-corrected chi connectivity index (χ0v) is 13.8. The molecular weight excluding hydrogens is 304 g/mol. The van der Waals surface area contributed by atoms with E-state index in [-0.39, 0.29) is 11.6 Å². The maximum atomic E-state index is 12.3. The van der Waals surface area contributed by atoms with E-state index in [2.05, 4.69) is 20.2 Å². The van der Waals surface area contributed by atoms with E-state index >= 15 is 0 Å². The van der Waals surface area contributed by atoms with E-state index in [1.54, 1.807) is 12.1 Å². The Morgan fingerprint density at radius 2 is 1.92 bits per heavy atom. The largest absolute Gasteiger partial charge is 0.325 e. The van der Waals surface area contributed by atoms with Gasteiger partial charge < -0.3 is 15.3 Å². The normalized spacial score (nSPS) is 24.7. The Kier molecular flexibility index (Phi) is 4.14. The van der Waals surface area contributed by atoms with Gasteiger partial charge >= 0.3 is 5.69 Å². The number of hydrogen-bond donors (Lipinski definition) is 3. The Hall–Kier alpha value is -2.08. The van der Waals surface area contributed by atoms with Crippen molar-refractivity contribution in [2.24, 2.45) is 11.8 Å². The van der Waals surface area contributed by atoms with Crippen molar-refractivity contribution in [3.05, 3.63) is 28.7 Å². The summed E-state index contributed by atoms with van der Waals surface area (Å²) in [5.74, 6) is 1.67. The third-order valence-electron chi connectivity index (χ3n) is 5.54. The van der Waals surface area contributed by atoms with Crippen LogP contribution in [-0.4, -0.2) is 40.4 Å². The molecule has 3 N–H and O–H groups in total. The lowest BCUT2D eigenvalue weighted by molar-refractivity contribution is -0.118. The lowest BCUT2D eigenvalue weighted by Gasteiger charge is -2.41. The second-order valence-corrected chi connectivity index (χ2v) is 7.22. The van der Waals surface area contributed by atoms with Crippen LogP contribution in [0, 0.1) is 11.8 Å². The zero-order chi connectivity index (χ0) is 16.5. The number of aromatic amines is 2. The molecule has 24 heavy (non-hydrogen) atoms. The highest BCUT2D eigenvalue weighted by Crippen LogP contribution is 2.35. The van der Waals surface area contributed by atoms with Crippen LogP contribution >= 0.6 is 0 Å². The smallest absolute Gasteiger partial charge is 0.323 e. The van der Waals surface area contributed by atoms with Gasteiger partial charge in [0.25, 0.3) is 0 Å². The number of hydrogen-bond acceptors (Lipinski definition) is 3. The summed E-state index contributed by atoms with van der Waals surface area (Å²) in [5.41, 5.74) is 1.94. The van der Waals surface area contributed by atoms with Gasteiger partial charge in [0, 0.05) is 12.2 Å². The first-order chi connectivity index (χ1) is 11.7. The summed E-state index contributed by atoms with van der Waals surface area (Å²) < 4.78 is 0. The first kappa shape index (κ1) is 15.4. The van der Waals surface area contributed by atoms with Crippen LogP contribution in [0.15, 0.2) is 23.0 Å². The van der Waals surface area contributed by atoms with Gasteiger partial charge in [-0.3, -0.25) is 9.69 Å². The van der Waals surface area contributed by atoms with E-state index in [9.17, 15) is 9.59 Å². The number of rotatable bonds is 3. The summed E-state index contributed by atoms with van der Waals surface area (Å²) in [6.45, 7) is 2.53. The first-order valence-electron chi connectivity index (χ1n) is 8.91. The number of anilines is 1. The summed E-state index contributed by atoms with van der Waals surface area (Å²) in [5, 5.41) is 2.95. The van der Waals surface area contributed by atoms with Crippen LogP contribution in [0.5, 0.6) is 0 Å². The second kappa shape index (κ2) is 6.43. The topological polar surface area (TPSA) is 81.0 Å². The molecule has 0 radical (unpaired) electrons. The Morgan fingerprint density at radius 3 is 2.79 bits per heavy atom. The van der Waals surface area contributed by atoms with E-state index in [0.717, 1.165) is 36.1 Å². The minimum absolute atomic E-state index is 0.0153. The maximum Gasteiger partial charge on any atom is 0.323 e. The fraction of sp³-hybridized carbons (Fsp3) is 0.556. The van der Waals surface area contributed by atoms with E-state index in [0.29, 0.717) is 12.1 Å². The molecule has 1 saturated carbocycles. The number of carbonyl (C=O) groups is 1. The van der Waals surface area contributed by atoms with E-state index in [1.165, 1.54) is 32.1 Å². The molecule has 128 valence electrons. The molecule has 1 saturated heterocycles. The molecular formula is C18H24N4O2. The van der Waals surface area contributed by atoms with Crippen molar-refractivity contribution in [3.63, 3.8) is 0 Å². The molecule has 2 heterocycles. The minimum Gasteiger partial charge on any atom is -0.325 e. The highest BCUT2D eigenvalue weighted by molar-refractivity contribution is 5.94. The van der Waals surface area contributed by atoms with Crippen molar-refractivity contribution in [2.45, 2.75) is 32.1 Å². The van der Waals surface area contributed by atoms with Gasteiger partial charge in [-0.15, -0.1) is 0 Å². The molecule has 2 aromatic rings. The Morgan fingerprint density at radius 1 is 1.12 bits per heavy atom. The quantitative estimate of drug-likeness (QED) is 0.809. The molecule has 0 bridgehead atoms. The summed E-state index contributed by atoms with van der Waals surface area (Å²) >= 11 is 0. The zero-order valence-electron chi connectivity index (χ0n) is 13.8. The van der Waals surface area contributed by atoms with E-state index < -0.39 is 0 Å². The van der Waals surface area contributed by atoms with Crippen LogP contribution in [0.3, 0.4) is 0 Å². The van der Waals surface area contributed by atoms with Gasteiger partial charge in [0.05, 0.1) is 17.6 Å². The fourth-order valence-corrected chi connectivity index (χ4v) is 4.33. The van der Waals surface area contributed by atoms with Crippen molar-refractivity contribution < 1.29 is 4.79 Å². The Balaban J connectivity index is 1.36. The standard InChI is InChI=1S/C18H24N4O2/c23-17(11-22-8-7-12-3-1-2-4-13(12)10-22)19-14-5-6-15-16(9-14)21-18(24)20-15/h5-6,9,12-13H,1-4,7-8,10-11H2,(H,19,23)(H2,20,21,24)/t12-,13+/m1/s1. The van der Waals surface area contributed by atoms with E-state index in [4.69, 9.17) is 0 Å². The average Bonchev–Trinajstić information content (AvgIpc) is 2.94. The first-order valence-corrected chi connectivity index (χ1v) is 8.91. The highest BCUT2D eigenvalue weighted by atomic mass is 16.2. The fourth-order valence-electron chi connectivity index (χ4n) is 4.33. The van der Waals surface area contributed by atoms with Gasteiger partial charge in [-0.2, -0.15) is 0 Å². The van der Waals surface area contributed by atoms with Crippen molar-refractivity contribution in [2.75, 3.05) is 25.0 Å². The van der Waals surface area contributed by atoms with Crippen molar-refractivity contribution in [3.8, 4) is 0 Å². The number of fused-ring (bicyclic) bond motifs is 2. The van der Waals surface area contributed by atoms with Crippen LogP contribution in [-0.2, 0) is 4.79 Å². The second-order valence-electron chi connectivity index (χ2n) is 7.22. The van der Waals surface area contributed by atoms with Crippen LogP contribution < -0.4 is 11.0 Å². The third kappa shape index (κ3) is 3.24. The number of nitrogens with one attached hydrogen (secondary N) is 3. The Bertz CT molecular complexity index is 794. The SMILES string of the molecule is O=C(CN1CC[C@H]2CCCC[C@H]2C1)Nc1ccc2[nH]c(=O)[nH]c2c1. The molecule has 1 aliphatic heterocycles. The number of piperidine rings is 1. The number of nitrogens with zero attached hydrogens (tertiary/aromatic N) is 1. The number of H-pyrrole nitrogens is 2. The van der Waals surface area contributed by atoms with Crippen LogP contribution in [0.1, 0.15) is 32.1 Å². The van der Waals surface area contributed by atoms with Crippen molar-refractivity contribution in [1.82, 2.24) is 14.9 Å². The number of imidazole rings is 1. The molecule has 4 rings (SSSR count). The number of likely N-dealkylation sites (tertiary alicyclic amines) is 1. The molecule has 2 fully saturated rings. The van der Waals surface area contributed by atoms with Crippen molar-refractivity contribution in [1.29, 1.82) is 0 Å². The molecule has 6 heteroatoms. The van der Waals surface area contributed by atoms with Crippen LogP contribution in [0.4, 0.5) is 5.69 Å². The molecule has 1 amide bonds. The molecule has 2 atom stereocenters. The summed E-state index contributed by atoms with van der Waals surface area (Å²) in [4.78, 5) is 31.3. The summed E-state index contributed by atoms with van der Waals surface area (Å²) in [6.07, 6.45) is 6.65. The average molecular weight is 328 g/mol. The van der Waals surface area contributed by atoms with Crippen LogP contribution in [0.25, 0.3) is 11.0 Å². The predicted molar refractivity (Wildman–Crippen MR) is 94.1 cm³/mol. The lowest BCUT2D eigenvalue weighted by atomic mass is 9.75. The van der Waals surface area contributed by atoms with Gasteiger partial charge in [-0.05, 0) is 49.4 Å². The molecule has 2 aliphatic rings. The van der Waals surface area contributed by atoms with Gasteiger partial charge in [0.1, 0.15) is 0 Å².